The van der Waals surface area contributed by atoms with Gasteiger partial charge in [-0.15, -0.1) is 0 Å². The van der Waals surface area contributed by atoms with Crippen LogP contribution in [-0.2, 0) is 20.6 Å². The molecule has 0 radical (unpaired) electrons. The Morgan fingerprint density at radius 1 is 1.35 bits per heavy atom. The van der Waals surface area contributed by atoms with Crippen LogP contribution in [0.2, 0.25) is 0 Å². The van der Waals surface area contributed by atoms with Gasteiger partial charge in [0.25, 0.3) is 5.56 Å². The Morgan fingerprint density at radius 2 is 2.00 bits per heavy atom. The number of hydrogen-bond acceptors (Lipinski definition) is 4. The van der Waals surface area contributed by atoms with Gasteiger partial charge < -0.3 is 10.4 Å². The summed E-state index contributed by atoms with van der Waals surface area (Å²) >= 11 is 0. The molecule has 0 fully saturated rings. The SMILES string of the molecule is CC(O)CCNCc1cc(=O)n(C)c(=O)n1C. The summed E-state index contributed by atoms with van der Waals surface area (Å²) in [6.45, 7) is 2.80. The van der Waals surface area contributed by atoms with E-state index in [9.17, 15) is 9.59 Å². The molecule has 96 valence electrons. The van der Waals surface area contributed by atoms with Gasteiger partial charge >= 0.3 is 5.69 Å². The Labute approximate surface area is 99.5 Å². The van der Waals surface area contributed by atoms with Crippen molar-refractivity contribution in [3.05, 3.63) is 32.6 Å². The highest BCUT2D eigenvalue weighted by Crippen LogP contribution is 1.91. The first-order valence-electron chi connectivity index (χ1n) is 5.58. The van der Waals surface area contributed by atoms with Crippen molar-refractivity contribution in [2.75, 3.05) is 6.54 Å². The van der Waals surface area contributed by atoms with Gasteiger partial charge in [-0.05, 0) is 19.9 Å². The van der Waals surface area contributed by atoms with E-state index >= 15 is 0 Å². The summed E-state index contributed by atoms with van der Waals surface area (Å²) in [6, 6.07) is 1.44. The second kappa shape index (κ2) is 5.79. The maximum atomic E-state index is 11.6. The lowest BCUT2D eigenvalue weighted by Gasteiger charge is -2.10. The van der Waals surface area contributed by atoms with E-state index < -0.39 is 0 Å². The molecule has 1 unspecified atom stereocenters. The molecule has 1 heterocycles. The fourth-order valence-electron chi connectivity index (χ4n) is 1.48. The van der Waals surface area contributed by atoms with E-state index in [1.165, 1.54) is 17.7 Å². The summed E-state index contributed by atoms with van der Waals surface area (Å²) in [5.74, 6) is 0. The average Bonchev–Trinajstić information content (AvgIpc) is 2.27. The monoisotopic (exact) mass is 241 g/mol. The van der Waals surface area contributed by atoms with Gasteiger partial charge in [-0.2, -0.15) is 0 Å². The maximum absolute atomic E-state index is 11.6. The molecule has 6 heteroatoms. The number of aliphatic hydroxyl groups excluding tert-OH is 1. The molecule has 1 rings (SSSR count). The van der Waals surface area contributed by atoms with Crippen LogP contribution < -0.4 is 16.6 Å². The molecule has 1 aromatic rings. The molecule has 0 saturated carbocycles. The smallest absolute Gasteiger partial charge is 0.330 e. The zero-order chi connectivity index (χ0) is 13.0. The Balaban J connectivity index is 2.73. The molecule has 0 aromatic carbocycles. The van der Waals surface area contributed by atoms with Crippen molar-refractivity contribution in [2.45, 2.75) is 26.0 Å². The molecule has 0 spiro atoms. The minimum absolute atomic E-state index is 0.305. The first-order valence-corrected chi connectivity index (χ1v) is 5.58. The van der Waals surface area contributed by atoms with E-state index in [2.05, 4.69) is 5.32 Å². The number of aromatic nitrogens is 2. The second-order valence-corrected chi connectivity index (χ2v) is 4.19. The molecule has 0 bridgehead atoms. The largest absolute Gasteiger partial charge is 0.393 e. The number of nitrogens with zero attached hydrogens (tertiary/aromatic N) is 2. The molecule has 1 aromatic heterocycles. The van der Waals surface area contributed by atoms with Crippen molar-refractivity contribution in [3.8, 4) is 0 Å². The van der Waals surface area contributed by atoms with Crippen LogP contribution in [0.25, 0.3) is 0 Å². The van der Waals surface area contributed by atoms with Crippen molar-refractivity contribution in [1.29, 1.82) is 0 Å². The first kappa shape index (κ1) is 13.7. The van der Waals surface area contributed by atoms with E-state index in [1.54, 1.807) is 14.0 Å². The van der Waals surface area contributed by atoms with Crippen molar-refractivity contribution >= 4 is 0 Å². The van der Waals surface area contributed by atoms with E-state index in [0.29, 0.717) is 25.2 Å². The zero-order valence-electron chi connectivity index (χ0n) is 10.4. The molecule has 0 aliphatic carbocycles. The predicted molar refractivity (Wildman–Crippen MR) is 64.9 cm³/mol. The number of hydrogen-bond donors (Lipinski definition) is 2. The summed E-state index contributed by atoms with van der Waals surface area (Å²) in [7, 11) is 3.09. The van der Waals surface area contributed by atoms with E-state index in [-0.39, 0.29) is 17.4 Å². The molecule has 0 aliphatic rings. The van der Waals surface area contributed by atoms with Crippen LogP contribution in [0, 0.1) is 0 Å². The van der Waals surface area contributed by atoms with Crippen molar-refractivity contribution in [1.82, 2.24) is 14.5 Å². The third-order valence-electron chi connectivity index (χ3n) is 2.67. The van der Waals surface area contributed by atoms with Crippen molar-refractivity contribution in [2.24, 2.45) is 14.1 Å². The quantitative estimate of drug-likeness (QED) is 0.645. The zero-order valence-corrected chi connectivity index (χ0v) is 10.4. The molecule has 1 atom stereocenters. The Bertz CT molecular complexity index is 488. The molecule has 6 nitrogen and oxygen atoms in total. The molecule has 0 saturated heterocycles. The number of rotatable bonds is 5. The Kier molecular flexibility index (Phi) is 4.65. The average molecular weight is 241 g/mol. The highest BCUT2D eigenvalue weighted by Gasteiger charge is 2.05. The standard InChI is InChI=1S/C11H19N3O3/c1-8(15)4-5-12-7-9-6-10(16)14(3)11(17)13(9)2/h6,8,12,15H,4-5,7H2,1-3H3. The van der Waals surface area contributed by atoms with E-state index in [1.807, 2.05) is 0 Å². The topological polar surface area (TPSA) is 76.3 Å². The molecule has 17 heavy (non-hydrogen) atoms. The van der Waals surface area contributed by atoms with Crippen LogP contribution in [0.1, 0.15) is 19.0 Å². The fourth-order valence-corrected chi connectivity index (χ4v) is 1.48. The maximum Gasteiger partial charge on any atom is 0.330 e. The molecular formula is C11H19N3O3. The van der Waals surface area contributed by atoms with Crippen molar-refractivity contribution < 1.29 is 5.11 Å². The van der Waals surface area contributed by atoms with E-state index in [0.717, 1.165) is 4.57 Å². The fraction of sp³-hybridized carbons (Fsp3) is 0.636. The molecule has 2 N–H and O–H groups in total. The van der Waals surface area contributed by atoms with Crippen molar-refractivity contribution in [3.63, 3.8) is 0 Å². The van der Waals surface area contributed by atoms with Gasteiger partial charge in [0.1, 0.15) is 0 Å². The lowest BCUT2D eigenvalue weighted by molar-refractivity contribution is 0.183. The summed E-state index contributed by atoms with van der Waals surface area (Å²) in [5.41, 5.74) is 0.00828. The van der Waals surface area contributed by atoms with Crippen LogP contribution >= 0.6 is 0 Å². The van der Waals surface area contributed by atoms with Gasteiger partial charge in [0.05, 0.1) is 6.10 Å². The minimum Gasteiger partial charge on any atom is -0.393 e. The van der Waals surface area contributed by atoms with Crippen LogP contribution in [-0.4, -0.2) is 26.9 Å². The minimum atomic E-state index is -0.352. The summed E-state index contributed by atoms with van der Waals surface area (Å²) in [4.78, 5) is 23.0. The second-order valence-electron chi connectivity index (χ2n) is 4.19. The summed E-state index contributed by atoms with van der Waals surface area (Å²) in [6.07, 6.45) is 0.286. The lowest BCUT2D eigenvalue weighted by Crippen LogP contribution is -2.39. The highest BCUT2D eigenvalue weighted by molar-refractivity contribution is 5.01. The van der Waals surface area contributed by atoms with Gasteiger partial charge in [-0.3, -0.25) is 13.9 Å². The van der Waals surface area contributed by atoms with Crippen LogP contribution in [0.5, 0.6) is 0 Å². The van der Waals surface area contributed by atoms with Crippen LogP contribution in [0.3, 0.4) is 0 Å². The van der Waals surface area contributed by atoms with Gasteiger partial charge in [-0.1, -0.05) is 0 Å². The lowest BCUT2D eigenvalue weighted by atomic mass is 10.3. The van der Waals surface area contributed by atoms with Gasteiger partial charge in [0.15, 0.2) is 0 Å². The first-order chi connectivity index (χ1) is 7.93. The Hall–Kier alpha value is -1.40. The van der Waals surface area contributed by atoms with Crippen LogP contribution in [0.15, 0.2) is 15.7 Å². The van der Waals surface area contributed by atoms with Gasteiger partial charge in [0.2, 0.25) is 0 Å². The molecule has 0 aliphatic heterocycles. The van der Waals surface area contributed by atoms with Crippen LogP contribution in [0.4, 0.5) is 0 Å². The molecule has 0 amide bonds. The van der Waals surface area contributed by atoms with Gasteiger partial charge in [-0.25, -0.2) is 4.79 Å². The number of aliphatic hydroxyl groups is 1. The Morgan fingerprint density at radius 3 is 2.59 bits per heavy atom. The van der Waals surface area contributed by atoms with E-state index in [4.69, 9.17) is 5.11 Å². The normalized spacial score (nSPS) is 12.7. The predicted octanol–water partition coefficient (Wildman–Crippen LogP) is -1.06. The molecular weight excluding hydrogens is 222 g/mol. The van der Waals surface area contributed by atoms with Gasteiger partial charge in [0, 0.05) is 32.4 Å². The third-order valence-corrected chi connectivity index (χ3v) is 2.67. The summed E-state index contributed by atoms with van der Waals surface area (Å²) in [5, 5.41) is 12.2. The third kappa shape index (κ3) is 3.54. The number of nitrogens with one attached hydrogen (secondary N) is 1. The highest BCUT2D eigenvalue weighted by atomic mass is 16.3. The summed E-state index contributed by atoms with van der Waals surface area (Å²) < 4.78 is 2.51.